The van der Waals surface area contributed by atoms with Crippen molar-refractivity contribution in [1.29, 1.82) is 0 Å². The standard InChI is InChI=1S/C14H13N3O2/c18-8-7-10-5-6-13(14(19)9-10)17-15-11-3-1-2-4-12(11)16-17/h1-6,9,18-19H,7-8H2. The summed E-state index contributed by atoms with van der Waals surface area (Å²) in [7, 11) is 0. The molecule has 0 amide bonds. The summed E-state index contributed by atoms with van der Waals surface area (Å²) in [4.78, 5) is 1.42. The van der Waals surface area contributed by atoms with Crippen LogP contribution >= 0.6 is 0 Å². The zero-order valence-electron chi connectivity index (χ0n) is 10.2. The number of aliphatic hydroxyl groups excluding tert-OH is 1. The first kappa shape index (κ1) is 11.7. The van der Waals surface area contributed by atoms with Gasteiger partial charge in [0.25, 0.3) is 0 Å². The lowest BCUT2D eigenvalue weighted by Crippen LogP contribution is -2.00. The van der Waals surface area contributed by atoms with E-state index in [0.717, 1.165) is 16.6 Å². The normalized spacial score (nSPS) is 11.0. The minimum absolute atomic E-state index is 0.0582. The Hall–Kier alpha value is -2.40. The van der Waals surface area contributed by atoms with E-state index in [-0.39, 0.29) is 12.4 Å². The van der Waals surface area contributed by atoms with Gasteiger partial charge in [-0.25, -0.2) is 0 Å². The van der Waals surface area contributed by atoms with Crippen LogP contribution in [0.5, 0.6) is 5.75 Å². The molecule has 0 bridgehead atoms. The number of hydrogen-bond acceptors (Lipinski definition) is 4. The van der Waals surface area contributed by atoms with Gasteiger partial charge in [-0.05, 0) is 36.2 Å². The van der Waals surface area contributed by atoms with Crippen molar-refractivity contribution in [2.75, 3.05) is 6.61 Å². The first-order chi connectivity index (χ1) is 9.28. The van der Waals surface area contributed by atoms with Crippen LogP contribution in [0.4, 0.5) is 0 Å². The summed E-state index contributed by atoms with van der Waals surface area (Å²) in [6.07, 6.45) is 0.516. The molecule has 0 aliphatic rings. The number of aromatic hydroxyl groups is 1. The second kappa shape index (κ2) is 4.70. The molecule has 1 aromatic heterocycles. The molecule has 0 unspecified atom stereocenters. The first-order valence-electron chi connectivity index (χ1n) is 6.03. The van der Waals surface area contributed by atoms with Gasteiger partial charge in [0.15, 0.2) is 0 Å². The summed E-state index contributed by atoms with van der Waals surface area (Å²) >= 11 is 0. The second-order valence-corrected chi connectivity index (χ2v) is 4.27. The summed E-state index contributed by atoms with van der Waals surface area (Å²) in [6, 6.07) is 12.8. The topological polar surface area (TPSA) is 71.2 Å². The molecule has 96 valence electrons. The van der Waals surface area contributed by atoms with E-state index in [1.165, 1.54) is 4.80 Å². The van der Waals surface area contributed by atoms with Crippen LogP contribution in [0.2, 0.25) is 0 Å². The van der Waals surface area contributed by atoms with Gasteiger partial charge >= 0.3 is 0 Å². The highest BCUT2D eigenvalue weighted by atomic mass is 16.3. The molecule has 2 aromatic carbocycles. The van der Waals surface area contributed by atoms with Crippen molar-refractivity contribution in [3.8, 4) is 11.4 Å². The fraction of sp³-hybridized carbons (Fsp3) is 0.143. The molecule has 3 aromatic rings. The van der Waals surface area contributed by atoms with E-state index in [1.54, 1.807) is 12.1 Å². The summed E-state index contributed by atoms with van der Waals surface area (Å²) in [5.41, 5.74) is 2.96. The number of aliphatic hydroxyl groups is 1. The third kappa shape index (κ3) is 2.15. The predicted molar refractivity (Wildman–Crippen MR) is 71.3 cm³/mol. The quantitative estimate of drug-likeness (QED) is 0.746. The van der Waals surface area contributed by atoms with E-state index in [1.807, 2.05) is 30.3 Å². The number of rotatable bonds is 3. The number of hydrogen-bond donors (Lipinski definition) is 2. The van der Waals surface area contributed by atoms with Gasteiger partial charge in [-0.2, -0.15) is 0 Å². The zero-order chi connectivity index (χ0) is 13.2. The molecule has 0 aliphatic carbocycles. The van der Waals surface area contributed by atoms with E-state index in [2.05, 4.69) is 10.2 Å². The average Bonchev–Trinajstić information content (AvgIpc) is 2.82. The number of fused-ring (bicyclic) bond motifs is 1. The van der Waals surface area contributed by atoms with E-state index in [9.17, 15) is 5.11 Å². The van der Waals surface area contributed by atoms with Crippen molar-refractivity contribution < 1.29 is 10.2 Å². The maximum atomic E-state index is 10.0. The van der Waals surface area contributed by atoms with Crippen LogP contribution in [-0.4, -0.2) is 31.8 Å². The molecule has 0 spiro atoms. The van der Waals surface area contributed by atoms with Crippen molar-refractivity contribution in [2.45, 2.75) is 6.42 Å². The predicted octanol–water partition coefficient (Wildman–Crippen LogP) is 1.66. The fourth-order valence-corrected chi connectivity index (χ4v) is 1.99. The zero-order valence-corrected chi connectivity index (χ0v) is 10.2. The molecule has 19 heavy (non-hydrogen) atoms. The number of phenolic OH excluding ortho intramolecular Hbond substituents is 1. The van der Waals surface area contributed by atoms with Gasteiger partial charge in [0.05, 0.1) is 0 Å². The molecule has 3 rings (SSSR count). The SMILES string of the molecule is OCCc1ccc(-n2nc3ccccc3n2)c(O)c1. The summed E-state index contributed by atoms with van der Waals surface area (Å²) in [5.74, 6) is 0.103. The van der Waals surface area contributed by atoms with E-state index < -0.39 is 0 Å². The first-order valence-corrected chi connectivity index (χ1v) is 6.03. The molecule has 5 heteroatoms. The lowest BCUT2D eigenvalue weighted by Gasteiger charge is -2.05. The summed E-state index contributed by atoms with van der Waals surface area (Å²) < 4.78 is 0. The Morgan fingerprint density at radius 2 is 1.68 bits per heavy atom. The van der Waals surface area contributed by atoms with Gasteiger partial charge in [0, 0.05) is 6.61 Å². The minimum Gasteiger partial charge on any atom is -0.506 e. The van der Waals surface area contributed by atoms with Crippen LogP contribution in [0.25, 0.3) is 16.7 Å². The lowest BCUT2D eigenvalue weighted by atomic mass is 10.1. The largest absolute Gasteiger partial charge is 0.506 e. The molecule has 0 aliphatic heterocycles. The van der Waals surface area contributed by atoms with Crippen molar-refractivity contribution in [3.05, 3.63) is 48.0 Å². The van der Waals surface area contributed by atoms with Gasteiger partial charge in [-0.15, -0.1) is 15.0 Å². The molecular formula is C14H13N3O2. The van der Waals surface area contributed by atoms with E-state index in [0.29, 0.717) is 12.1 Å². The highest BCUT2D eigenvalue weighted by Gasteiger charge is 2.08. The van der Waals surface area contributed by atoms with Crippen molar-refractivity contribution in [2.24, 2.45) is 0 Å². The lowest BCUT2D eigenvalue weighted by molar-refractivity contribution is 0.299. The second-order valence-electron chi connectivity index (χ2n) is 4.27. The van der Waals surface area contributed by atoms with Gasteiger partial charge in [-0.1, -0.05) is 18.2 Å². The molecule has 1 heterocycles. The Balaban J connectivity index is 2.05. The number of benzene rings is 2. The Morgan fingerprint density at radius 1 is 1.00 bits per heavy atom. The highest BCUT2D eigenvalue weighted by molar-refractivity contribution is 5.73. The van der Waals surface area contributed by atoms with Crippen molar-refractivity contribution >= 4 is 11.0 Å². The van der Waals surface area contributed by atoms with Crippen LogP contribution in [-0.2, 0) is 6.42 Å². The minimum atomic E-state index is 0.0582. The summed E-state index contributed by atoms with van der Waals surface area (Å²) in [5, 5.41) is 27.5. The maximum Gasteiger partial charge on any atom is 0.143 e. The summed E-state index contributed by atoms with van der Waals surface area (Å²) in [6.45, 7) is 0.0582. The molecule has 0 saturated heterocycles. The van der Waals surface area contributed by atoms with Crippen LogP contribution in [0.15, 0.2) is 42.5 Å². The molecule has 2 N–H and O–H groups in total. The van der Waals surface area contributed by atoms with E-state index >= 15 is 0 Å². The van der Waals surface area contributed by atoms with Gasteiger partial charge in [0.2, 0.25) is 0 Å². The van der Waals surface area contributed by atoms with Crippen molar-refractivity contribution in [1.82, 2.24) is 15.0 Å². The van der Waals surface area contributed by atoms with Crippen LogP contribution in [0.3, 0.4) is 0 Å². The molecule has 0 radical (unpaired) electrons. The van der Waals surface area contributed by atoms with Crippen LogP contribution < -0.4 is 0 Å². The Bertz CT molecular complexity index is 689. The number of phenols is 1. The van der Waals surface area contributed by atoms with E-state index in [4.69, 9.17) is 5.11 Å². The van der Waals surface area contributed by atoms with Crippen LogP contribution in [0, 0.1) is 0 Å². The Morgan fingerprint density at radius 3 is 2.26 bits per heavy atom. The van der Waals surface area contributed by atoms with Gasteiger partial charge in [-0.3, -0.25) is 0 Å². The fourth-order valence-electron chi connectivity index (χ4n) is 1.99. The van der Waals surface area contributed by atoms with Gasteiger partial charge < -0.3 is 10.2 Å². The van der Waals surface area contributed by atoms with Gasteiger partial charge in [0.1, 0.15) is 22.5 Å². The number of aromatic nitrogens is 3. The molecule has 5 nitrogen and oxygen atoms in total. The Labute approximate surface area is 109 Å². The highest BCUT2D eigenvalue weighted by Crippen LogP contribution is 2.23. The molecule has 0 fully saturated rings. The maximum absolute atomic E-state index is 10.0. The third-order valence-electron chi connectivity index (χ3n) is 2.94. The van der Waals surface area contributed by atoms with Crippen molar-refractivity contribution in [3.63, 3.8) is 0 Å². The molecular weight excluding hydrogens is 242 g/mol. The smallest absolute Gasteiger partial charge is 0.143 e. The third-order valence-corrected chi connectivity index (χ3v) is 2.94. The molecule has 0 saturated carbocycles. The molecule has 0 atom stereocenters. The monoisotopic (exact) mass is 255 g/mol. The van der Waals surface area contributed by atoms with Crippen LogP contribution in [0.1, 0.15) is 5.56 Å². The average molecular weight is 255 g/mol. The Kier molecular flexibility index (Phi) is 2.89. The number of nitrogens with zero attached hydrogens (tertiary/aromatic N) is 3.